The Kier molecular flexibility index (Phi) is 2.95. The molecule has 3 amide bonds. The molecule has 2 aliphatic rings. The minimum absolute atomic E-state index is 0.205. The maximum Gasteiger partial charge on any atom is 0.329 e. The summed E-state index contributed by atoms with van der Waals surface area (Å²) < 4.78 is 5.26. The van der Waals surface area contributed by atoms with Crippen LogP contribution in [-0.2, 0) is 9.53 Å². The normalized spacial score (nSPS) is 21.8. The minimum atomic E-state index is -0.797. The molecular formula is C13H13ClN2O3. The average Bonchev–Trinajstić information content (AvgIpc) is 2.64. The van der Waals surface area contributed by atoms with E-state index in [2.05, 4.69) is 5.32 Å². The van der Waals surface area contributed by atoms with Gasteiger partial charge in [-0.3, -0.25) is 4.79 Å². The number of imide groups is 1. The van der Waals surface area contributed by atoms with Crippen molar-refractivity contribution >= 4 is 29.2 Å². The Morgan fingerprint density at radius 3 is 2.42 bits per heavy atom. The molecule has 0 aliphatic carbocycles. The molecule has 19 heavy (non-hydrogen) atoms. The molecule has 0 aromatic heterocycles. The molecule has 0 atom stereocenters. The van der Waals surface area contributed by atoms with Gasteiger partial charge in [0.05, 0.1) is 5.69 Å². The molecule has 3 rings (SSSR count). The summed E-state index contributed by atoms with van der Waals surface area (Å²) in [6, 6.07) is 6.27. The monoisotopic (exact) mass is 280 g/mol. The van der Waals surface area contributed by atoms with E-state index in [4.69, 9.17) is 16.3 Å². The molecule has 2 fully saturated rings. The van der Waals surface area contributed by atoms with Gasteiger partial charge in [-0.2, -0.15) is 0 Å². The van der Waals surface area contributed by atoms with E-state index in [-0.39, 0.29) is 11.9 Å². The van der Waals surface area contributed by atoms with Crippen LogP contribution < -0.4 is 10.2 Å². The third-order valence-electron chi connectivity index (χ3n) is 3.59. The molecule has 2 saturated heterocycles. The fourth-order valence-corrected chi connectivity index (χ4v) is 2.63. The van der Waals surface area contributed by atoms with Crippen LogP contribution in [0, 0.1) is 0 Å². The fraction of sp³-hybridized carbons (Fsp3) is 0.385. The molecule has 1 spiro atoms. The number of nitrogens with one attached hydrogen (secondary N) is 1. The first-order valence-corrected chi connectivity index (χ1v) is 6.50. The van der Waals surface area contributed by atoms with Crippen molar-refractivity contribution < 1.29 is 14.3 Å². The van der Waals surface area contributed by atoms with Gasteiger partial charge >= 0.3 is 6.03 Å². The van der Waals surface area contributed by atoms with Gasteiger partial charge in [-0.05, 0) is 24.3 Å². The minimum Gasteiger partial charge on any atom is -0.381 e. The highest BCUT2D eigenvalue weighted by atomic mass is 35.5. The quantitative estimate of drug-likeness (QED) is 0.800. The van der Waals surface area contributed by atoms with Crippen LogP contribution >= 0.6 is 11.6 Å². The van der Waals surface area contributed by atoms with E-state index in [1.54, 1.807) is 24.3 Å². The Bertz CT molecular complexity index is 523. The van der Waals surface area contributed by atoms with E-state index in [0.29, 0.717) is 36.8 Å². The summed E-state index contributed by atoms with van der Waals surface area (Å²) in [6.07, 6.45) is 1.03. The first-order chi connectivity index (χ1) is 9.12. The number of hydrogen-bond acceptors (Lipinski definition) is 3. The van der Waals surface area contributed by atoms with Crippen LogP contribution in [-0.4, -0.2) is 30.7 Å². The van der Waals surface area contributed by atoms with Crippen LogP contribution in [0.3, 0.4) is 0 Å². The summed E-state index contributed by atoms with van der Waals surface area (Å²) in [5.41, 5.74) is -0.259. The van der Waals surface area contributed by atoms with Crippen molar-refractivity contribution in [2.24, 2.45) is 0 Å². The standard InChI is InChI=1S/C13H13ClN2O3/c14-9-1-3-10(4-2-9)16-11(17)13(15-12(16)18)5-7-19-8-6-13/h1-4H,5-8H2,(H,15,18). The van der Waals surface area contributed by atoms with Crippen molar-refractivity contribution in [3.63, 3.8) is 0 Å². The third kappa shape index (κ3) is 1.99. The van der Waals surface area contributed by atoms with Crippen molar-refractivity contribution in [3.8, 4) is 0 Å². The van der Waals surface area contributed by atoms with E-state index in [9.17, 15) is 9.59 Å². The highest BCUT2D eigenvalue weighted by Crippen LogP contribution is 2.32. The number of hydrogen-bond donors (Lipinski definition) is 1. The third-order valence-corrected chi connectivity index (χ3v) is 3.84. The Morgan fingerprint density at radius 2 is 1.79 bits per heavy atom. The lowest BCUT2D eigenvalue weighted by molar-refractivity contribution is -0.125. The molecule has 1 aromatic rings. The second-order valence-corrected chi connectivity index (χ2v) is 5.18. The van der Waals surface area contributed by atoms with Crippen LogP contribution in [0.15, 0.2) is 24.3 Å². The largest absolute Gasteiger partial charge is 0.381 e. The highest BCUT2D eigenvalue weighted by molar-refractivity contribution is 6.30. The molecule has 5 nitrogen and oxygen atoms in total. The number of rotatable bonds is 1. The lowest BCUT2D eigenvalue weighted by Gasteiger charge is -2.30. The van der Waals surface area contributed by atoms with E-state index < -0.39 is 5.54 Å². The number of nitrogens with zero attached hydrogens (tertiary/aromatic N) is 1. The van der Waals surface area contributed by atoms with Crippen LogP contribution in [0.1, 0.15) is 12.8 Å². The van der Waals surface area contributed by atoms with Gasteiger partial charge in [0.25, 0.3) is 5.91 Å². The van der Waals surface area contributed by atoms with Crippen LogP contribution in [0.4, 0.5) is 10.5 Å². The maximum atomic E-state index is 12.5. The molecule has 2 heterocycles. The number of urea groups is 1. The summed E-state index contributed by atoms with van der Waals surface area (Å²) in [5, 5.41) is 3.37. The molecule has 0 bridgehead atoms. The van der Waals surface area contributed by atoms with Gasteiger partial charge in [0.15, 0.2) is 0 Å². The molecular weight excluding hydrogens is 268 g/mol. The van der Waals surface area contributed by atoms with Crippen molar-refractivity contribution in [2.75, 3.05) is 18.1 Å². The number of carbonyl (C=O) groups is 2. The Hall–Kier alpha value is -1.59. The van der Waals surface area contributed by atoms with Crippen molar-refractivity contribution in [1.82, 2.24) is 5.32 Å². The van der Waals surface area contributed by atoms with Crippen molar-refractivity contribution in [2.45, 2.75) is 18.4 Å². The smallest absolute Gasteiger partial charge is 0.329 e. The average molecular weight is 281 g/mol. The van der Waals surface area contributed by atoms with Gasteiger partial charge in [0, 0.05) is 31.1 Å². The number of amides is 3. The summed E-state index contributed by atoms with van der Waals surface area (Å²) in [6.45, 7) is 0.973. The van der Waals surface area contributed by atoms with E-state index >= 15 is 0 Å². The molecule has 1 aromatic carbocycles. The van der Waals surface area contributed by atoms with Gasteiger partial charge in [0.1, 0.15) is 5.54 Å². The van der Waals surface area contributed by atoms with Crippen LogP contribution in [0.25, 0.3) is 0 Å². The number of carbonyl (C=O) groups excluding carboxylic acids is 2. The van der Waals surface area contributed by atoms with Gasteiger partial charge in [-0.15, -0.1) is 0 Å². The number of anilines is 1. The van der Waals surface area contributed by atoms with Crippen LogP contribution in [0.2, 0.25) is 5.02 Å². The molecule has 0 radical (unpaired) electrons. The Labute approximate surface area is 115 Å². The molecule has 0 unspecified atom stereocenters. The van der Waals surface area contributed by atoms with Gasteiger partial charge in [-0.1, -0.05) is 11.6 Å². The lowest BCUT2D eigenvalue weighted by atomic mass is 9.90. The van der Waals surface area contributed by atoms with Crippen molar-refractivity contribution in [1.29, 1.82) is 0 Å². The van der Waals surface area contributed by atoms with Gasteiger partial charge < -0.3 is 10.1 Å². The zero-order chi connectivity index (χ0) is 13.5. The zero-order valence-corrected chi connectivity index (χ0v) is 10.9. The lowest BCUT2D eigenvalue weighted by Crippen LogP contribution is -2.51. The second kappa shape index (κ2) is 4.51. The molecule has 0 saturated carbocycles. The number of ether oxygens (including phenoxy) is 1. The topological polar surface area (TPSA) is 58.6 Å². The van der Waals surface area contributed by atoms with Gasteiger partial charge in [0.2, 0.25) is 0 Å². The fourth-order valence-electron chi connectivity index (χ4n) is 2.50. The SMILES string of the molecule is O=C1NC2(CCOCC2)C(=O)N1c1ccc(Cl)cc1. The van der Waals surface area contributed by atoms with Crippen LogP contribution in [0.5, 0.6) is 0 Å². The highest BCUT2D eigenvalue weighted by Gasteiger charge is 2.52. The molecule has 2 aliphatic heterocycles. The maximum absolute atomic E-state index is 12.5. The number of halogens is 1. The second-order valence-electron chi connectivity index (χ2n) is 4.74. The zero-order valence-electron chi connectivity index (χ0n) is 10.2. The van der Waals surface area contributed by atoms with E-state index in [0.717, 1.165) is 0 Å². The Balaban J connectivity index is 1.92. The predicted octanol–water partition coefficient (Wildman–Crippen LogP) is 1.95. The predicted molar refractivity (Wildman–Crippen MR) is 70.3 cm³/mol. The van der Waals surface area contributed by atoms with Crippen molar-refractivity contribution in [3.05, 3.63) is 29.3 Å². The van der Waals surface area contributed by atoms with E-state index in [1.165, 1.54) is 4.90 Å². The van der Waals surface area contributed by atoms with E-state index in [1.807, 2.05) is 0 Å². The molecule has 100 valence electrons. The first-order valence-electron chi connectivity index (χ1n) is 6.12. The van der Waals surface area contributed by atoms with Gasteiger partial charge in [-0.25, -0.2) is 9.69 Å². The first kappa shape index (κ1) is 12.4. The Morgan fingerprint density at radius 1 is 1.16 bits per heavy atom. The molecule has 1 N–H and O–H groups in total. The summed E-state index contributed by atoms with van der Waals surface area (Å²) >= 11 is 5.81. The summed E-state index contributed by atoms with van der Waals surface area (Å²) in [7, 11) is 0. The molecule has 6 heteroatoms. The summed E-state index contributed by atoms with van der Waals surface area (Å²) in [5.74, 6) is -0.205. The summed E-state index contributed by atoms with van der Waals surface area (Å²) in [4.78, 5) is 25.8. The number of benzene rings is 1.